The van der Waals surface area contributed by atoms with E-state index in [-0.39, 0.29) is 0 Å². The maximum Gasteiger partial charge on any atom is 0.239 e. The van der Waals surface area contributed by atoms with Crippen LogP contribution < -0.4 is 10.0 Å². The molecule has 0 amide bonds. The molecule has 0 atom stereocenters. The van der Waals surface area contributed by atoms with Crippen molar-refractivity contribution in [2.75, 3.05) is 0 Å². The summed E-state index contributed by atoms with van der Waals surface area (Å²) in [5.74, 6) is 0. The van der Waals surface area contributed by atoms with Crippen LogP contribution in [-0.4, -0.2) is 7.40 Å². The molecule has 0 aliphatic heterocycles. The maximum atomic E-state index is 9.89. The minimum absolute atomic E-state index is 0.643. The van der Waals surface area contributed by atoms with Gasteiger partial charge in [0.25, 0.3) is 0 Å². The normalized spacial score (nSPS) is 10.4. The fraction of sp³-hybridized carbons (Fsp3) is 0. The van der Waals surface area contributed by atoms with Gasteiger partial charge in [-0.25, -0.2) is 0 Å². The average molecular weight is 851 g/mol. The van der Waals surface area contributed by atoms with E-state index in [0.717, 1.165) is 22.3 Å². The van der Waals surface area contributed by atoms with Crippen LogP contribution in [0.25, 0.3) is 64.0 Å². The summed E-state index contributed by atoms with van der Waals surface area (Å²) in [7, 11) is -3.17. The SMILES string of the molecule is Clc1ccc(-c2cc(-c3ccccc3)[s+]c(-c3ccccc3)c2)c(Cl)c1.Clc1ccc(-c2cc(-c3ccccc3)[s+]c(-c3ccccc3)c2)c(Cl)c1.[O-]B([O-])F. The van der Waals surface area contributed by atoms with E-state index in [2.05, 4.69) is 121 Å². The highest BCUT2D eigenvalue weighted by molar-refractivity contribution is 7.18. The zero-order valence-electron chi connectivity index (χ0n) is 29.4. The van der Waals surface area contributed by atoms with Crippen molar-refractivity contribution in [1.82, 2.24) is 0 Å². The molecular weight excluding hydrogens is 820 g/mol. The maximum absolute atomic E-state index is 9.89. The second kappa shape index (κ2) is 20.1. The summed E-state index contributed by atoms with van der Waals surface area (Å²) in [4.78, 5) is 4.81. The van der Waals surface area contributed by atoms with Crippen LogP contribution in [0.2, 0.25) is 20.1 Å². The quantitative estimate of drug-likeness (QED) is 0.124. The summed E-state index contributed by atoms with van der Waals surface area (Å²) in [6.45, 7) is 0. The summed E-state index contributed by atoms with van der Waals surface area (Å²) in [6.07, 6.45) is 0. The van der Waals surface area contributed by atoms with Crippen LogP contribution in [0.3, 0.4) is 0 Å². The first-order chi connectivity index (χ1) is 27.1. The molecule has 0 saturated heterocycles. The van der Waals surface area contributed by atoms with Crippen molar-refractivity contribution in [3.63, 3.8) is 0 Å². The van der Waals surface area contributed by atoms with Gasteiger partial charge < -0.3 is 14.4 Å². The fourth-order valence-corrected chi connectivity index (χ4v) is 9.01. The molecule has 0 spiro atoms. The monoisotopic (exact) mass is 848 g/mol. The van der Waals surface area contributed by atoms with Crippen LogP contribution in [0.15, 0.2) is 182 Å². The van der Waals surface area contributed by atoms with Crippen LogP contribution in [0.5, 0.6) is 0 Å². The molecule has 0 saturated carbocycles. The van der Waals surface area contributed by atoms with E-state index in [1.807, 2.05) is 48.5 Å². The van der Waals surface area contributed by atoms with Crippen molar-refractivity contribution < 1.29 is 14.4 Å². The molecule has 0 unspecified atom stereocenters. The number of benzene rings is 6. The highest BCUT2D eigenvalue weighted by Gasteiger charge is 2.21. The summed E-state index contributed by atoms with van der Waals surface area (Å²) in [5, 5.41) is 19.2. The van der Waals surface area contributed by atoms with Gasteiger partial charge in [-0.05, 0) is 83.9 Å². The highest BCUT2D eigenvalue weighted by Crippen LogP contribution is 2.41. The minimum Gasteiger partial charge on any atom is -0.867 e. The minimum atomic E-state index is -3.17. The van der Waals surface area contributed by atoms with Crippen molar-refractivity contribution in [2.45, 2.75) is 0 Å². The first-order valence-electron chi connectivity index (χ1n) is 17.2. The van der Waals surface area contributed by atoms with E-state index in [4.69, 9.17) is 56.5 Å². The predicted octanol–water partition coefficient (Wildman–Crippen LogP) is 14.3. The molecule has 6 aromatic carbocycles. The molecule has 0 aliphatic rings. The molecule has 10 heteroatoms. The lowest BCUT2D eigenvalue weighted by atomic mass is 10.0. The Morgan fingerprint density at radius 3 is 0.839 bits per heavy atom. The summed E-state index contributed by atoms with van der Waals surface area (Å²) >= 11 is 28.7. The molecule has 8 rings (SSSR count). The Bertz CT molecular complexity index is 2220. The summed E-state index contributed by atoms with van der Waals surface area (Å²) in [6, 6.07) is 61.8. The summed E-state index contributed by atoms with van der Waals surface area (Å²) in [5.41, 5.74) is 8.93. The smallest absolute Gasteiger partial charge is 0.239 e. The van der Waals surface area contributed by atoms with Crippen LogP contribution >= 0.6 is 69.1 Å². The van der Waals surface area contributed by atoms with Gasteiger partial charge >= 0.3 is 0 Å². The molecule has 2 nitrogen and oxygen atoms in total. The Morgan fingerprint density at radius 1 is 0.357 bits per heavy atom. The first kappa shape index (κ1) is 41.2. The van der Waals surface area contributed by atoms with Crippen molar-refractivity contribution in [2.24, 2.45) is 0 Å². The Balaban J connectivity index is 0.000000174. The zero-order valence-corrected chi connectivity index (χ0v) is 34.1. The van der Waals surface area contributed by atoms with Crippen molar-refractivity contribution in [3.05, 3.63) is 202 Å². The van der Waals surface area contributed by atoms with E-state index in [0.29, 0.717) is 20.1 Å². The molecule has 56 heavy (non-hydrogen) atoms. The fourth-order valence-electron chi connectivity index (χ4n) is 5.74. The molecule has 0 fully saturated rings. The van der Waals surface area contributed by atoms with E-state index >= 15 is 0 Å². The molecule has 2 heterocycles. The Labute approximate surface area is 354 Å². The molecule has 0 aliphatic carbocycles. The van der Waals surface area contributed by atoms with Gasteiger partial charge in [0.15, 0.2) is 0 Å². The molecule has 0 bridgehead atoms. The Kier molecular flexibility index (Phi) is 14.8. The van der Waals surface area contributed by atoms with Gasteiger partial charge in [0.1, 0.15) is 7.40 Å². The first-order valence-corrected chi connectivity index (χ1v) is 20.3. The van der Waals surface area contributed by atoms with Gasteiger partial charge in [0.2, 0.25) is 42.2 Å². The van der Waals surface area contributed by atoms with Gasteiger partial charge in [0.05, 0.1) is 0 Å². The van der Waals surface area contributed by atoms with E-state index in [9.17, 15) is 4.32 Å². The van der Waals surface area contributed by atoms with Crippen LogP contribution in [0.1, 0.15) is 0 Å². The van der Waals surface area contributed by atoms with E-state index in [1.165, 1.54) is 41.8 Å². The number of hydrogen-bond donors (Lipinski definition) is 0. The topological polar surface area (TPSA) is 46.1 Å². The van der Waals surface area contributed by atoms with Crippen LogP contribution in [-0.2, 0) is 0 Å². The Hall–Kier alpha value is -4.47. The lowest BCUT2D eigenvalue weighted by Crippen LogP contribution is -2.39. The largest absolute Gasteiger partial charge is 0.867 e. The molecule has 276 valence electrons. The predicted molar refractivity (Wildman–Crippen MR) is 237 cm³/mol. The van der Waals surface area contributed by atoms with Crippen LogP contribution in [0.4, 0.5) is 4.32 Å². The number of rotatable bonds is 6. The molecule has 0 radical (unpaired) electrons. The molecule has 2 aromatic heterocycles. The van der Waals surface area contributed by atoms with E-state index in [1.54, 1.807) is 34.8 Å². The second-order valence-electron chi connectivity index (χ2n) is 12.1. The van der Waals surface area contributed by atoms with Crippen molar-refractivity contribution in [1.29, 1.82) is 0 Å². The van der Waals surface area contributed by atoms with Gasteiger partial charge in [-0.1, -0.05) is 131 Å². The van der Waals surface area contributed by atoms with Gasteiger partial charge in [-0.3, -0.25) is 0 Å². The second-order valence-corrected chi connectivity index (χ2v) is 16.0. The molecular formula is C46H30BCl4FO2S2. The van der Waals surface area contributed by atoms with E-state index < -0.39 is 7.40 Å². The average Bonchev–Trinajstić information content (AvgIpc) is 3.22. The number of halogens is 5. The number of hydrogen-bond acceptors (Lipinski definition) is 2. The molecule has 0 N–H and O–H groups in total. The Morgan fingerprint density at radius 2 is 0.607 bits per heavy atom. The van der Waals surface area contributed by atoms with Crippen molar-refractivity contribution in [3.8, 4) is 64.0 Å². The lowest BCUT2D eigenvalue weighted by Gasteiger charge is -2.09. The standard InChI is InChI=1S/2C23H15Cl2S.BFO2/c2*24-19-11-12-20(21(25)15-19)18-13-22(16-7-3-1-4-8-16)26-23(14-18)17-9-5-2-6-10-17;2-1(3)4/h2*1-15H;/q2*+1;-2. The van der Waals surface area contributed by atoms with Gasteiger partial charge in [-0.15, -0.1) is 0 Å². The van der Waals surface area contributed by atoms with Gasteiger partial charge in [-0.2, -0.15) is 0 Å². The van der Waals surface area contributed by atoms with Crippen LogP contribution in [0, 0.1) is 0 Å². The third kappa shape index (κ3) is 11.3. The third-order valence-corrected chi connectivity index (χ3v) is 11.7. The summed E-state index contributed by atoms with van der Waals surface area (Å²) < 4.78 is 9.89. The zero-order chi connectivity index (χ0) is 39.4. The van der Waals surface area contributed by atoms with Gasteiger partial charge in [0, 0.05) is 77.7 Å². The van der Waals surface area contributed by atoms with Crippen molar-refractivity contribution >= 4 is 76.5 Å². The third-order valence-electron chi connectivity index (χ3n) is 8.30. The molecule has 8 aromatic rings. The lowest BCUT2D eigenvalue weighted by molar-refractivity contribution is -0.366. The highest BCUT2D eigenvalue weighted by atomic mass is 35.5.